The number of amides is 4. The lowest BCUT2D eigenvalue weighted by atomic mass is 9.96. The van der Waals surface area contributed by atoms with E-state index in [0.29, 0.717) is 6.10 Å². The smallest absolute Gasteiger partial charge is 0.264 e. The van der Waals surface area contributed by atoms with E-state index < -0.39 is 29.7 Å². The van der Waals surface area contributed by atoms with Crippen molar-refractivity contribution in [1.29, 1.82) is 0 Å². The molecular weight excluding hydrogens is 388 g/mol. The number of hydrogen-bond acceptors (Lipinski definition) is 7. The van der Waals surface area contributed by atoms with Crippen molar-refractivity contribution in [2.24, 2.45) is 0 Å². The summed E-state index contributed by atoms with van der Waals surface area (Å²) in [6.45, 7) is 2.01. The van der Waals surface area contributed by atoms with E-state index in [0.717, 1.165) is 24.5 Å². The number of anilines is 1. The van der Waals surface area contributed by atoms with E-state index in [4.69, 9.17) is 10.5 Å². The molecule has 1 saturated carbocycles. The van der Waals surface area contributed by atoms with Crippen LogP contribution < -0.4 is 16.4 Å². The van der Waals surface area contributed by atoms with Gasteiger partial charge < -0.3 is 15.8 Å². The number of carbonyl (C=O) groups is 4. The highest BCUT2D eigenvalue weighted by Gasteiger charge is 2.45. The number of nitrogens with one attached hydrogen (secondary N) is 2. The first-order valence-corrected chi connectivity index (χ1v) is 10.3. The fraction of sp³-hybridized carbons (Fsp3) is 0.524. The van der Waals surface area contributed by atoms with Gasteiger partial charge in [-0.25, -0.2) is 0 Å². The van der Waals surface area contributed by atoms with Crippen molar-refractivity contribution in [2.45, 2.75) is 50.7 Å². The Bertz CT molecular complexity index is 837. The number of benzene rings is 1. The van der Waals surface area contributed by atoms with Gasteiger partial charge >= 0.3 is 0 Å². The Hall–Kier alpha value is -2.78. The highest BCUT2D eigenvalue weighted by Crippen LogP contribution is 2.30. The number of ether oxygens (including phenoxy) is 1. The zero-order valence-corrected chi connectivity index (χ0v) is 17.1. The molecule has 0 bridgehead atoms. The Kier molecular flexibility index (Phi) is 7.17. The average molecular weight is 416 g/mol. The SMILES string of the molecule is CNCCCOC1CCC1.Nc1cccc2c1C(=O)N(C1CCC(=O)NC1=O)C2=O. The second kappa shape index (κ2) is 9.82. The second-order valence-corrected chi connectivity index (χ2v) is 7.60. The Balaban J connectivity index is 0.000000216. The van der Waals surface area contributed by atoms with Gasteiger partial charge in [0.2, 0.25) is 11.8 Å². The standard InChI is InChI=1S/C13H11N3O4.C8H17NO/c14-7-3-1-2-6-10(7)13(20)16(12(6)19)8-4-5-9(17)15-11(8)18;1-9-6-3-7-10-8-4-2-5-8/h1-3,8H,4-5,14H2,(H,15,17,18);8-9H,2-7H2,1H3. The number of hydrogen-bond donors (Lipinski definition) is 3. The molecule has 1 aliphatic carbocycles. The summed E-state index contributed by atoms with van der Waals surface area (Å²) in [6.07, 6.45) is 5.94. The quantitative estimate of drug-likeness (QED) is 0.356. The zero-order valence-electron chi connectivity index (χ0n) is 17.1. The van der Waals surface area contributed by atoms with E-state index >= 15 is 0 Å². The molecule has 1 unspecified atom stereocenters. The van der Waals surface area contributed by atoms with E-state index in [-0.39, 0.29) is 29.7 Å². The van der Waals surface area contributed by atoms with Crippen LogP contribution in [0.4, 0.5) is 5.69 Å². The zero-order chi connectivity index (χ0) is 21.7. The first-order valence-electron chi connectivity index (χ1n) is 10.3. The van der Waals surface area contributed by atoms with Crippen LogP contribution in [0.2, 0.25) is 0 Å². The van der Waals surface area contributed by atoms with Crippen LogP contribution in [0.1, 0.15) is 59.2 Å². The minimum Gasteiger partial charge on any atom is -0.398 e. The fourth-order valence-corrected chi connectivity index (χ4v) is 3.58. The van der Waals surface area contributed by atoms with Gasteiger partial charge in [0.05, 0.1) is 17.2 Å². The lowest BCUT2D eigenvalue weighted by Crippen LogP contribution is -2.54. The molecule has 3 aliphatic rings. The maximum atomic E-state index is 12.3. The minimum absolute atomic E-state index is 0.0965. The van der Waals surface area contributed by atoms with Crippen LogP contribution in [0.15, 0.2) is 18.2 Å². The topological polar surface area (TPSA) is 131 Å². The molecule has 4 rings (SSSR count). The molecular formula is C21H28N4O5. The summed E-state index contributed by atoms with van der Waals surface area (Å²) < 4.78 is 5.54. The summed E-state index contributed by atoms with van der Waals surface area (Å²) in [4.78, 5) is 48.4. The van der Waals surface area contributed by atoms with Gasteiger partial charge in [-0.15, -0.1) is 0 Å². The molecule has 1 saturated heterocycles. The third kappa shape index (κ3) is 4.68. The number of nitrogen functional groups attached to an aromatic ring is 1. The molecule has 1 aromatic carbocycles. The number of rotatable bonds is 6. The molecule has 2 heterocycles. The van der Waals surface area contributed by atoms with Crippen molar-refractivity contribution in [1.82, 2.24) is 15.5 Å². The Morgan fingerprint density at radius 3 is 2.53 bits per heavy atom. The molecule has 4 N–H and O–H groups in total. The third-order valence-electron chi connectivity index (χ3n) is 5.48. The molecule has 30 heavy (non-hydrogen) atoms. The number of nitrogens with zero attached hydrogens (tertiary/aromatic N) is 1. The summed E-state index contributed by atoms with van der Waals surface area (Å²) in [5.74, 6) is -2.17. The van der Waals surface area contributed by atoms with E-state index in [1.807, 2.05) is 7.05 Å². The van der Waals surface area contributed by atoms with Crippen LogP contribution in [0, 0.1) is 0 Å². The number of nitrogens with two attached hydrogens (primary N) is 1. The lowest BCUT2D eigenvalue weighted by Gasteiger charge is -2.27. The van der Waals surface area contributed by atoms with Gasteiger partial charge in [-0.2, -0.15) is 0 Å². The molecule has 1 aromatic rings. The summed E-state index contributed by atoms with van der Waals surface area (Å²) in [5.41, 5.74) is 6.24. The molecule has 2 fully saturated rings. The molecule has 4 amide bonds. The van der Waals surface area contributed by atoms with Gasteiger partial charge in [0.1, 0.15) is 6.04 Å². The number of carbonyl (C=O) groups excluding carboxylic acids is 4. The first-order chi connectivity index (χ1) is 14.4. The van der Waals surface area contributed by atoms with E-state index in [2.05, 4.69) is 10.6 Å². The Labute approximate surface area is 175 Å². The molecule has 0 spiro atoms. The van der Waals surface area contributed by atoms with Crippen molar-refractivity contribution in [3.8, 4) is 0 Å². The minimum atomic E-state index is -0.959. The summed E-state index contributed by atoms with van der Waals surface area (Å²) in [6, 6.07) is 3.64. The Morgan fingerprint density at radius 1 is 1.17 bits per heavy atom. The predicted octanol–water partition coefficient (Wildman–Crippen LogP) is 0.835. The maximum absolute atomic E-state index is 12.3. The van der Waals surface area contributed by atoms with Crippen LogP contribution in [0.5, 0.6) is 0 Å². The molecule has 162 valence electrons. The van der Waals surface area contributed by atoms with Gasteiger partial charge in [-0.3, -0.25) is 29.4 Å². The van der Waals surface area contributed by atoms with Crippen molar-refractivity contribution in [3.05, 3.63) is 29.3 Å². The number of piperidine rings is 1. The van der Waals surface area contributed by atoms with E-state index in [1.165, 1.54) is 31.4 Å². The monoisotopic (exact) mass is 416 g/mol. The van der Waals surface area contributed by atoms with Crippen LogP contribution in [0.3, 0.4) is 0 Å². The van der Waals surface area contributed by atoms with Gasteiger partial charge in [0, 0.05) is 18.7 Å². The molecule has 9 nitrogen and oxygen atoms in total. The van der Waals surface area contributed by atoms with Gasteiger partial charge in [0.15, 0.2) is 0 Å². The summed E-state index contributed by atoms with van der Waals surface area (Å²) in [7, 11) is 1.98. The molecule has 1 atom stereocenters. The highest BCUT2D eigenvalue weighted by atomic mass is 16.5. The average Bonchev–Trinajstić information content (AvgIpc) is 2.93. The number of fused-ring (bicyclic) bond motifs is 1. The van der Waals surface area contributed by atoms with E-state index in [9.17, 15) is 19.2 Å². The van der Waals surface area contributed by atoms with Crippen molar-refractivity contribution in [2.75, 3.05) is 25.9 Å². The predicted molar refractivity (Wildman–Crippen MR) is 110 cm³/mol. The number of imide groups is 2. The largest absolute Gasteiger partial charge is 0.398 e. The van der Waals surface area contributed by atoms with Crippen molar-refractivity contribution < 1.29 is 23.9 Å². The van der Waals surface area contributed by atoms with Gasteiger partial charge in [-0.05, 0) is 57.8 Å². The van der Waals surface area contributed by atoms with Crippen LogP contribution in [-0.2, 0) is 14.3 Å². The van der Waals surface area contributed by atoms with Crippen molar-refractivity contribution >= 4 is 29.3 Å². The first kappa shape index (κ1) is 21.9. The van der Waals surface area contributed by atoms with Crippen LogP contribution >= 0.6 is 0 Å². The van der Waals surface area contributed by atoms with Crippen LogP contribution in [-0.4, -0.2) is 60.9 Å². The second-order valence-electron chi connectivity index (χ2n) is 7.60. The van der Waals surface area contributed by atoms with Gasteiger partial charge in [0.25, 0.3) is 11.8 Å². The fourth-order valence-electron chi connectivity index (χ4n) is 3.58. The summed E-state index contributed by atoms with van der Waals surface area (Å²) in [5, 5.41) is 5.23. The van der Waals surface area contributed by atoms with Gasteiger partial charge in [-0.1, -0.05) is 6.07 Å². The maximum Gasteiger partial charge on any atom is 0.264 e. The highest BCUT2D eigenvalue weighted by molar-refractivity contribution is 6.25. The molecule has 0 radical (unpaired) electrons. The Morgan fingerprint density at radius 2 is 1.93 bits per heavy atom. The third-order valence-corrected chi connectivity index (χ3v) is 5.48. The normalized spacial score (nSPS) is 21.0. The molecule has 2 aliphatic heterocycles. The van der Waals surface area contributed by atoms with Crippen LogP contribution in [0.25, 0.3) is 0 Å². The lowest BCUT2D eigenvalue weighted by molar-refractivity contribution is -0.136. The molecule has 9 heteroatoms. The van der Waals surface area contributed by atoms with E-state index in [1.54, 1.807) is 6.07 Å². The summed E-state index contributed by atoms with van der Waals surface area (Å²) >= 11 is 0. The molecule has 0 aromatic heterocycles. The van der Waals surface area contributed by atoms with Crippen molar-refractivity contribution in [3.63, 3.8) is 0 Å².